The third-order valence-electron chi connectivity index (χ3n) is 5.13. The molecule has 1 fully saturated rings. The van der Waals surface area contributed by atoms with Crippen LogP contribution in [0, 0.1) is 17.8 Å². The van der Waals surface area contributed by atoms with Crippen LogP contribution in [0.2, 0.25) is 0 Å². The molecular weight excluding hydrogens is 274 g/mol. The van der Waals surface area contributed by atoms with Gasteiger partial charge in [0.05, 0.1) is 29.1 Å². The summed E-state index contributed by atoms with van der Waals surface area (Å²) >= 11 is 0. The quantitative estimate of drug-likeness (QED) is 0.838. The summed E-state index contributed by atoms with van der Waals surface area (Å²) in [6, 6.07) is 0. The van der Waals surface area contributed by atoms with Gasteiger partial charge in [-0.2, -0.15) is 0 Å². The van der Waals surface area contributed by atoms with Gasteiger partial charge in [-0.25, -0.2) is 4.68 Å². The molecule has 4 heteroatoms. The van der Waals surface area contributed by atoms with E-state index in [2.05, 4.69) is 56.5 Å². The minimum absolute atomic E-state index is 0.0187. The van der Waals surface area contributed by atoms with Gasteiger partial charge in [-0.1, -0.05) is 5.21 Å². The summed E-state index contributed by atoms with van der Waals surface area (Å²) in [5.74, 6) is 2.45. The number of rotatable bonds is 2. The highest BCUT2D eigenvalue weighted by atomic mass is 16.5. The first-order valence-electron chi connectivity index (χ1n) is 8.75. The van der Waals surface area contributed by atoms with Crippen molar-refractivity contribution in [3.8, 4) is 0 Å². The van der Waals surface area contributed by atoms with Crippen molar-refractivity contribution in [1.82, 2.24) is 15.0 Å². The molecule has 3 rings (SSSR count). The monoisotopic (exact) mass is 305 g/mol. The highest BCUT2D eigenvalue weighted by molar-refractivity contribution is 5.16. The smallest absolute Gasteiger partial charge is 0.0859 e. The Kier molecular flexibility index (Phi) is 3.87. The van der Waals surface area contributed by atoms with E-state index in [0.29, 0.717) is 0 Å². The number of hydrogen-bond donors (Lipinski definition) is 0. The van der Waals surface area contributed by atoms with Gasteiger partial charge in [-0.05, 0) is 85.0 Å². The average Bonchev–Trinajstić information content (AvgIpc) is 2.83. The van der Waals surface area contributed by atoms with E-state index < -0.39 is 0 Å². The second kappa shape index (κ2) is 5.33. The van der Waals surface area contributed by atoms with Crippen molar-refractivity contribution >= 4 is 0 Å². The third kappa shape index (κ3) is 3.22. The molecule has 1 aromatic heterocycles. The summed E-state index contributed by atoms with van der Waals surface area (Å²) in [6.07, 6.45) is 4.71. The number of nitrogens with zero attached hydrogens (tertiary/aromatic N) is 3. The van der Waals surface area contributed by atoms with Gasteiger partial charge in [0, 0.05) is 0 Å². The zero-order valence-electron chi connectivity index (χ0n) is 15.0. The Morgan fingerprint density at radius 2 is 1.68 bits per heavy atom. The number of hydrogen-bond acceptors (Lipinski definition) is 3. The fraction of sp³-hybridized carbons (Fsp3) is 0.889. The van der Waals surface area contributed by atoms with E-state index in [9.17, 15) is 0 Å². The van der Waals surface area contributed by atoms with Crippen LogP contribution in [0.25, 0.3) is 0 Å². The molecule has 1 heterocycles. The lowest BCUT2D eigenvalue weighted by atomic mass is 10.00. The third-order valence-corrected chi connectivity index (χ3v) is 5.13. The van der Waals surface area contributed by atoms with Crippen molar-refractivity contribution in [2.45, 2.75) is 78.4 Å². The van der Waals surface area contributed by atoms with Crippen molar-refractivity contribution in [1.29, 1.82) is 0 Å². The first-order chi connectivity index (χ1) is 10.2. The Bertz CT molecular complexity index is 536. The van der Waals surface area contributed by atoms with Crippen LogP contribution < -0.4 is 0 Å². The zero-order chi connectivity index (χ0) is 16.1. The SMILES string of the molecule is CC(C)(C)OC[C@H]1C2CCc3nnn(C(C)(C)C)c3CCC21. The van der Waals surface area contributed by atoms with Gasteiger partial charge in [-0.15, -0.1) is 5.10 Å². The molecule has 2 aliphatic carbocycles. The Labute approximate surface area is 134 Å². The highest BCUT2D eigenvalue weighted by Gasteiger charge is 2.50. The van der Waals surface area contributed by atoms with Crippen LogP contribution in [0.5, 0.6) is 0 Å². The maximum absolute atomic E-state index is 6.03. The van der Waals surface area contributed by atoms with Crippen LogP contribution >= 0.6 is 0 Å². The second-order valence-corrected chi connectivity index (χ2v) is 9.06. The molecule has 0 amide bonds. The topological polar surface area (TPSA) is 39.9 Å². The lowest BCUT2D eigenvalue weighted by molar-refractivity contribution is -0.0122. The molecule has 2 aliphatic rings. The van der Waals surface area contributed by atoms with Crippen molar-refractivity contribution in [3.05, 3.63) is 11.4 Å². The molecule has 0 aliphatic heterocycles. The lowest BCUT2D eigenvalue weighted by Gasteiger charge is -2.22. The summed E-state index contributed by atoms with van der Waals surface area (Å²) in [5, 5.41) is 8.89. The van der Waals surface area contributed by atoms with E-state index in [1.54, 1.807) is 0 Å². The van der Waals surface area contributed by atoms with Crippen molar-refractivity contribution in [2.24, 2.45) is 17.8 Å². The molecule has 0 N–H and O–H groups in total. The Morgan fingerprint density at radius 1 is 1.05 bits per heavy atom. The Balaban J connectivity index is 1.67. The molecule has 0 radical (unpaired) electrons. The van der Waals surface area contributed by atoms with Gasteiger partial charge in [0.25, 0.3) is 0 Å². The molecule has 1 aromatic rings. The van der Waals surface area contributed by atoms with Gasteiger partial charge >= 0.3 is 0 Å². The van der Waals surface area contributed by atoms with Gasteiger partial charge in [-0.3, -0.25) is 0 Å². The fourth-order valence-corrected chi connectivity index (χ4v) is 3.90. The first-order valence-corrected chi connectivity index (χ1v) is 8.75. The van der Waals surface area contributed by atoms with E-state index in [1.165, 1.54) is 24.2 Å². The maximum Gasteiger partial charge on any atom is 0.0859 e. The van der Waals surface area contributed by atoms with E-state index in [4.69, 9.17) is 4.74 Å². The minimum atomic E-state index is -0.0187. The summed E-state index contributed by atoms with van der Waals surface area (Å²) in [6.45, 7) is 14.0. The van der Waals surface area contributed by atoms with Crippen LogP contribution in [-0.2, 0) is 23.1 Å². The van der Waals surface area contributed by atoms with Crippen molar-refractivity contribution in [2.75, 3.05) is 6.61 Å². The largest absolute Gasteiger partial charge is 0.376 e. The predicted octanol–water partition coefficient (Wildman–Crippen LogP) is 3.59. The Morgan fingerprint density at radius 3 is 2.27 bits per heavy atom. The minimum Gasteiger partial charge on any atom is -0.376 e. The fourth-order valence-electron chi connectivity index (χ4n) is 3.90. The molecule has 3 atom stereocenters. The summed E-state index contributed by atoms with van der Waals surface area (Å²) in [4.78, 5) is 0. The van der Waals surface area contributed by atoms with E-state index >= 15 is 0 Å². The summed E-state index contributed by atoms with van der Waals surface area (Å²) < 4.78 is 8.17. The summed E-state index contributed by atoms with van der Waals surface area (Å²) in [5.41, 5.74) is 2.61. The zero-order valence-corrected chi connectivity index (χ0v) is 15.0. The lowest BCUT2D eigenvalue weighted by Crippen LogP contribution is -2.26. The molecule has 124 valence electrons. The van der Waals surface area contributed by atoms with Gasteiger partial charge in [0.2, 0.25) is 0 Å². The average molecular weight is 305 g/mol. The van der Waals surface area contributed by atoms with E-state index in [-0.39, 0.29) is 11.1 Å². The molecule has 1 saturated carbocycles. The molecule has 2 unspecified atom stereocenters. The van der Waals surface area contributed by atoms with E-state index in [0.717, 1.165) is 37.2 Å². The van der Waals surface area contributed by atoms with E-state index in [1.807, 2.05) is 0 Å². The van der Waals surface area contributed by atoms with Gasteiger partial charge in [0.15, 0.2) is 0 Å². The number of aryl methyl sites for hydroxylation is 1. The molecular formula is C18H31N3O. The number of ether oxygens (including phenoxy) is 1. The number of aromatic nitrogens is 3. The van der Waals surface area contributed by atoms with Crippen LogP contribution in [0.15, 0.2) is 0 Å². The van der Waals surface area contributed by atoms with Crippen LogP contribution in [0.1, 0.15) is 65.8 Å². The predicted molar refractivity (Wildman–Crippen MR) is 87.8 cm³/mol. The first kappa shape index (κ1) is 16.0. The standard InChI is InChI=1S/C18H31N3O/c1-17(2,3)21-16-10-8-13-12(7-9-15(16)19-20-21)14(13)11-22-18(4,5)6/h12-14H,7-11H2,1-6H3/t12?,13?,14-/m0/s1. The molecule has 4 nitrogen and oxygen atoms in total. The summed E-state index contributed by atoms with van der Waals surface area (Å²) in [7, 11) is 0. The molecule has 0 saturated heterocycles. The van der Waals surface area contributed by atoms with Crippen LogP contribution in [0.4, 0.5) is 0 Å². The van der Waals surface area contributed by atoms with Gasteiger partial charge < -0.3 is 4.74 Å². The van der Waals surface area contributed by atoms with Crippen LogP contribution in [-0.4, -0.2) is 27.2 Å². The van der Waals surface area contributed by atoms with Gasteiger partial charge in [0.1, 0.15) is 0 Å². The molecule has 0 spiro atoms. The molecule has 0 aromatic carbocycles. The Hall–Kier alpha value is -0.900. The molecule has 0 bridgehead atoms. The normalized spacial score (nSPS) is 28.5. The van der Waals surface area contributed by atoms with Crippen LogP contribution in [0.3, 0.4) is 0 Å². The van der Waals surface area contributed by atoms with Crippen molar-refractivity contribution < 1.29 is 4.74 Å². The number of fused-ring (bicyclic) bond motifs is 2. The molecule has 22 heavy (non-hydrogen) atoms. The maximum atomic E-state index is 6.03. The highest BCUT2D eigenvalue weighted by Crippen LogP contribution is 2.53. The van der Waals surface area contributed by atoms with Crippen molar-refractivity contribution in [3.63, 3.8) is 0 Å². The second-order valence-electron chi connectivity index (χ2n) is 9.06.